The zero-order chi connectivity index (χ0) is 12.2. The van der Waals surface area contributed by atoms with E-state index in [9.17, 15) is 0 Å². The summed E-state index contributed by atoms with van der Waals surface area (Å²) in [7, 11) is 0. The summed E-state index contributed by atoms with van der Waals surface area (Å²) in [6.07, 6.45) is 1.97. The molecule has 0 saturated carbocycles. The summed E-state index contributed by atoms with van der Waals surface area (Å²) in [4.78, 5) is 0. The molecule has 0 atom stereocenters. The van der Waals surface area contributed by atoms with E-state index in [2.05, 4.69) is 27.8 Å². The van der Waals surface area contributed by atoms with Crippen LogP contribution in [0.5, 0.6) is 0 Å². The number of nitrogens with zero attached hydrogens (tertiary/aromatic N) is 3. The molecule has 3 rings (SSSR count). The zero-order valence-electron chi connectivity index (χ0n) is 10.1. The monoisotopic (exact) mass is 244 g/mol. The summed E-state index contributed by atoms with van der Waals surface area (Å²) in [5, 5.41) is 11.4. The summed E-state index contributed by atoms with van der Waals surface area (Å²) in [6.45, 7) is 3.08. The van der Waals surface area contributed by atoms with Crippen molar-refractivity contribution >= 4 is 0 Å². The van der Waals surface area contributed by atoms with Gasteiger partial charge in [-0.15, -0.1) is 5.10 Å². The number of hydrogen-bond donors (Lipinski definition) is 1. The second-order valence-corrected chi connectivity index (χ2v) is 4.48. The summed E-state index contributed by atoms with van der Waals surface area (Å²) in [5.41, 5.74) is 2.06. The van der Waals surface area contributed by atoms with Gasteiger partial charge in [-0.05, 0) is 5.56 Å². The van der Waals surface area contributed by atoms with Crippen LogP contribution in [-0.2, 0) is 18.0 Å². The Morgan fingerprint density at radius 3 is 2.78 bits per heavy atom. The first kappa shape index (κ1) is 11.4. The molecule has 2 heterocycles. The van der Waals surface area contributed by atoms with Crippen LogP contribution in [0.25, 0.3) is 0 Å². The van der Waals surface area contributed by atoms with Crippen molar-refractivity contribution in [3.8, 4) is 0 Å². The van der Waals surface area contributed by atoms with Crippen LogP contribution in [-0.4, -0.2) is 28.1 Å². The van der Waals surface area contributed by atoms with E-state index in [1.165, 1.54) is 5.56 Å². The van der Waals surface area contributed by atoms with Crippen molar-refractivity contribution in [2.24, 2.45) is 0 Å². The Balaban J connectivity index is 1.49. The van der Waals surface area contributed by atoms with Gasteiger partial charge in [0.15, 0.2) is 0 Å². The third-order valence-electron chi connectivity index (χ3n) is 3.05. The van der Waals surface area contributed by atoms with Gasteiger partial charge in [0.05, 0.1) is 25.5 Å². The van der Waals surface area contributed by atoms with Gasteiger partial charge in [0.2, 0.25) is 0 Å². The van der Waals surface area contributed by atoms with Crippen molar-refractivity contribution < 1.29 is 4.74 Å². The molecular weight excluding hydrogens is 228 g/mol. The fraction of sp³-hybridized carbons (Fsp3) is 0.385. The fourth-order valence-electron chi connectivity index (χ4n) is 1.87. The van der Waals surface area contributed by atoms with Crippen LogP contribution in [0.1, 0.15) is 17.3 Å². The lowest BCUT2D eigenvalue weighted by atomic mass is 10.2. The van der Waals surface area contributed by atoms with Crippen molar-refractivity contribution in [3.05, 3.63) is 47.8 Å². The Morgan fingerprint density at radius 1 is 1.22 bits per heavy atom. The van der Waals surface area contributed by atoms with E-state index in [1.54, 1.807) is 0 Å². The lowest BCUT2D eigenvalue weighted by Crippen LogP contribution is -2.43. The zero-order valence-corrected chi connectivity index (χ0v) is 10.1. The standard InChI is InChI=1S/C13H16N4O/c1-2-4-11(5-3-1)9-18-10-12-8-17(16-15-12)13-6-14-7-13/h1-5,8,13-14H,6-7,9-10H2. The molecule has 1 aromatic carbocycles. The predicted octanol–water partition coefficient (Wildman–Crippen LogP) is 1.14. The van der Waals surface area contributed by atoms with Gasteiger partial charge in [0, 0.05) is 13.1 Å². The Kier molecular flexibility index (Phi) is 3.34. The largest absolute Gasteiger partial charge is 0.370 e. The van der Waals surface area contributed by atoms with Gasteiger partial charge >= 0.3 is 0 Å². The van der Waals surface area contributed by atoms with Gasteiger partial charge in [-0.2, -0.15) is 0 Å². The quantitative estimate of drug-likeness (QED) is 0.857. The van der Waals surface area contributed by atoms with Crippen LogP contribution < -0.4 is 5.32 Å². The minimum Gasteiger partial charge on any atom is -0.370 e. The van der Waals surface area contributed by atoms with Crippen LogP contribution in [0.15, 0.2) is 36.5 Å². The maximum Gasteiger partial charge on any atom is 0.108 e. The van der Waals surface area contributed by atoms with Gasteiger partial charge < -0.3 is 10.1 Å². The first-order valence-electron chi connectivity index (χ1n) is 6.15. The topological polar surface area (TPSA) is 52.0 Å². The smallest absolute Gasteiger partial charge is 0.108 e. The number of aromatic nitrogens is 3. The highest BCUT2D eigenvalue weighted by molar-refractivity contribution is 5.13. The molecule has 0 aliphatic carbocycles. The van der Waals surface area contributed by atoms with E-state index in [1.807, 2.05) is 29.1 Å². The van der Waals surface area contributed by atoms with Gasteiger partial charge in [-0.3, -0.25) is 0 Å². The van der Waals surface area contributed by atoms with E-state index >= 15 is 0 Å². The molecule has 1 aliphatic rings. The van der Waals surface area contributed by atoms with E-state index in [0.717, 1.165) is 18.8 Å². The molecular formula is C13H16N4O. The molecule has 5 heteroatoms. The van der Waals surface area contributed by atoms with Crippen molar-refractivity contribution in [3.63, 3.8) is 0 Å². The molecule has 94 valence electrons. The molecule has 1 fully saturated rings. The van der Waals surface area contributed by atoms with Crippen molar-refractivity contribution in [1.82, 2.24) is 20.3 Å². The molecule has 1 aliphatic heterocycles. The van der Waals surface area contributed by atoms with Crippen LogP contribution >= 0.6 is 0 Å². The molecule has 5 nitrogen and oxygen atoms in total. The number of hydrogen-bond acceptors (Lipinski definition) is 4. The lowest BCUT2D eigenvalue weighted by Gasteiger charge is -2.26. The lowest BCUT2D eigenvalue weighted by molar-refractivity contribution is 0.104. The summed E-state index contributed by atoms with van der Waals surface area (Å²) >= 11 is 0. The predicted molar refractivity (Wildman–Crippen MR) is 66.9 cm³/mol. The van der Waals surface area contributed by atoms with Crippen LogP contribution in [0.3, 0.4) is 0 Å². The first-order chi connectivity index (χ1) is 8.92. The maximum absolute atomic E-state index is 5.62. The molecule has 0 radical (unpaired) electrons. The number of nitrogens with one attached hydrogen (secondary N) is 1. The second-order valence-electron chi connectivity index (χ2n) is 4.48. The second kappa shape index (κ2) is 5.29. The molecule has 2 aromatic rings. The Bertz CT molecular complexity index is 493. The maximum atomic E-state index is 5.62. The van der Waals surface area contributed by atoms with Gasteiger partial charge in [-0.25, -0.2) is 4.68 Å². The third kappa shape index (κ3) is 2.57. The molecule has 18 heavy (non-hydrogen) atoms. The Labute approximate surface area is 106 Å². The summed E-state index contributed by atoms with van der Waals surface area (Å²) < 4.78 is 7.53. The molecule has 0 unspecified atom stereocenters. The molecule has 0 spiro atoms. The van der Waals surface area contributed by atoms with Crippen molar-refractivity contribution in [1.29, 1.82) is 0 Å². The summed E-state index contributed by atoms with van der Waals surface area (Å²) in [6, 6.07) is 10.6. The molecule has 0 amide bonds. The summed E-state index contributed by atoms with van der Waals surface area (Å²) in [5.74, 6) is 0. The average Bonchev–Trinajstić information content (AvgIpc) is 2.77. The average molecular weight is 244 g/mol. The molecule has 1 aromatic heterocycles. The number of ether oxygens (including phenoxy) is 1. The van der Waals surface area contributed by atoms with E-state index in [-0.39, 0.29) is 0 Å². The normalized spacial score (nSPS) is 15.6. The van der Waals surface area contributed by atoms with Crippen molar-refractivity contribution in [2.75, 3.05) is 13.1 Å². The van der Waals surface area contributed by atoms with Crippen LogP contribution in [0, 0.1) is 0 Å². The fourth-order valence-corrected chi connectivity index (χ4v) is 1.87. The molecule has 0 bridgehead atoms. The van der Waals surface area contributed by atoms with E-state index < -0.39 is 0 Å². The third-order valence-corrected chi connectivity index (χ3v) is 3.05. The minimum atomic E-state index is 0.459. The Hall–Kier alpha value is -1.72. The Morgan fingerprint density at radius 2 is 2.06 bits per heavy atom. The first-order valence-corrected chi connectivity index (χ1v) is 6.15. The number of benzene rings is 1. The van der Waals surface area contributed by atoms with Crippen LogP contribution in [0.4, 0.5) is 0 Å². The van der Waals surface area contributed by atoms with Gasteiger partial charge in [0.1, 0.15) is 5.69 Å². The van der Waals surface area contributed by atoms with Crippen LogP contribution in [0.2, 0.25) is 0 Å². The highest BCUT2D eigenvalue weighted by Gasteiger charge is 2.19. The van der Waals surface area contributed by atoms with Crippen molar-refractivity contribution in [2.45, 2.75) is 19.3 Å². The highest BCUT2D eigenvalue weighted by Crippen LogP contribution is 2.10. The van der Waals surface area contributed by atoms with Gasteiger partial charge in [0.25, 0.3) is 0 Å². The van der Waals surface area contributed by atoms with E-state index in [4.69, 9.17) is 4.74 Å². The minimum absolute atomic E-state index is 0.459. The number of rotatable bonds is 5. The highest BCUT2D eigenvalue weighted by atomic mass is 16.5. The van der Waals surface area contributed by atoms with E-state index in [0.29, 0.717) is 19.3 Å². The molecule has 1 N–H and O–H groups in total. The SMILES string of the molecule is c1ccc(COCc2cn(C3CNC3)nn2)cc1. The van der Waals surface area contributed by atoms with Gasteiger partial charge in [-0.1, -0.05) is 35.5 Å². The molecule has 1 saturated heterocycles.